The normalized spacial score (nSPS) is 12.0. The summed E-state index contributed by atoms with van der Waals surface area (Å²) in [5, 5.41) is 37.3. The molecule has 0 aromatic rings. The van der Waals surface area contributed by atoms with Gasteiger partial charge in [0.1, 0.15) is 6.04 Å². The lowest BCUT2D eigenvalue weighted by molar-refractivity contribution is -0.143. The quantitative estimate of drug-likeness (QED) is 0.0307. The monoisotopic (exact) mass is 756 g/mol. The number of carboxylic acids is 4. The zero-order valence-electron chi connectivity index (χ0n) is 34.9. The van der Waals surface area contributed by atoms with E-state index in [4.69, 9.17) is 15.3 Å². The van der Waals surface area contributed by atoms with Crippen LogP contribution in [0.1, 0.15) is 227 Å². The van der Waals surface area contributed by atoms with Crippen molar-refractivity contribution in [2.24, 2.45) is 5.92 Å². The summed E-state index contributed by atoms with van der Waals surface area (Å²) in [5.41, 5.74) is 0. The average molecular weight is 756 g/mol. The zero-order valence-corrected chi connectivity index (χ0v) is 34.9. The summed E-state index contributed by atoms with van der Waals surface area (Å²) in [6, 6.07) is -0.744. The molecule has 0 amide bonds. The van der Waals surface area contributed by atoms with Crippen molar-refractivity contribution in [1.82, 2.24) is 5.32 Å². The van der Waals surface area contributed by atoms with Crippen LogP contribution in [0.5, 0.6) is 0 Å². The molecular formula is C44H85NO8. The second-order valence-corrected chi connectivity index (χ2v) is 14.6. The number of rotatable bonds is 37. The molecule has 0 saturated carbocycles. The third-order valence-corrected chi connectivity index (χ3v) is 9.46. The van der Waals surface area contributed by atoms with Gasteiger partial charge in [-0.05, 0) is 57.9 Å². The van der Waals surface area contributed by atoms with Gasteiger partial charge in [-0.15, -0.1) is 0 Å². The Balaban J connectivity index is -0.000000738. The van der Waals surface area contributed by atoms with Gasteiger partial charge in [-0.2, -0.15) is 0 Å². The molecule has 0 radical (unpaired) electrons. The highest BCUT2D eigenvalue weighted by Gasteiger charge is 2.17. The van der Waals surface area contributed by atoms with Crippen LogP contribution >= 0.6 is 0 Å². The summed E-state index contributed by atoms with van der Waals surface area (Å²) in [6.07, 6.45) is 39.4. The summed E-state index contributed by atoms with van der Waals surface area (Å²) in [6.45, 7) is 9.02. The van der Waals surface area contributed by atoms with Crippen LogP contribution < -0.4 is 5.32 Å². The van der Waals surface area contributed by atoms with E-state index in [9.17, 15) is 24.3 Å². The average Bonchev–Trinajstić information content (AvgIpc) is 3.12. The van der Waals surface area contributed by atoms with Crippen LogP contribution in [-0.4, -0.2) is 56.9 Å². The Morgan fingerprint density at radius 2 is 0.792 bits per heavy atom. The number of aliphatic carboxylic acids is 4. The molecule has 0 heterocycles. The van der Waals surface area contributed by atoms with Gasteiger partial charge in [0.15, 0.2) is 0 Å². The van der Waals surface area contributed by atoms with Crippen LogP contribution in [0.3, 0.4) is 0 Å². The topological polar surface area (TPSA) is 161 Å². The summed E-state index contributed by atoms with van der Waals surface area (Å²) >= 11 is 0. The highest BCUT2D eigenvalue weighted by Crippen LogP contribution is 2.20. The first-order valence-corrected chi connectivity index (χ1v) is 21.8. The van der Waals surface area contributed by atoms with Crippen LogP contribution in [0.2, 0.25) is 0 Å². The number of unbranched alkanes of at least 4 members (excludes halogenated alkanes) is 22. The van der Waals surface area contributed by atoms with Crippen molar-refractivity contribution in [3.05, 3.63) is 12.2 Å². The van der Waals surface area contributed by atoms with E-state index in [0.717, 1.165) is 38.5 Å². The van der Waals surface area contributed by atoms with Gasteiger partial charge in [-0.1, -0.05) is 175 Å². The molecule has 0 aliphatic rings. The molecule has 0 aliphatic carbocycles. The summed E-state index contributed by atoms with van der Waals surface area (Å²) in [7, 11) is 0. The molecular weight excluding hydrogens is 670 g/mol. The van der Waals surface area contributed by atoms with E-state index in [-0.39, 0.29) is 18.8 Å². The Morgan fingerprint density at radius 1 is 0.434 bits per heavy atom. The summed E-state index contributed by atoms with van der Waals surface area (Å²) < 4.78 is 0. The highest BCUT2D eigenvalue weighted by atomic mass is 16.4. The predicted molar refractivity (Wildman–Crippen MR) is 221 cm³/mol. The third-order valence-electron chi connectivity index (χ3n) is 9.46. The molecule has 314 valence electrons. The molecule has 0 rings (SSSR count). The van der Waals surface area contributed by atoms with Crippen molar-refractivity contribution in [2.75, 3.05) is 6.54 Å². The van der Waals surface area contributed by atoms with E-state index in [1.54, 1.807) is 6.92 Å². The lowest BCUT2D eigenvalue weighted by Crippen LogP contribution is -2.36. The first kappa shape index (κ1) is 54.9. The van der Waals surface area contributed by atoms with Crippen molar-refractivity contribution in [3.8, 4) is 0 Å². The number of carbonyl (C=O) groups is 4. The fraction of sp³-hybridized carbons (Fsp3) is 0.864. The van der Waals surface area contributed by atoms with Gasteiger partial charge < -0.3 is 25.7 Å². The summed E-state index contributed by atoms with van der Waals surface area (Å²) in [5.74, 6) is -3.30. The first-order chi connectivity index (χ1) is 25.6. The van der Waals surface area contributed by atoms with Crippen LogP contribution in [0, 0.1) is 5.92 Å². The second-order valence-electron chi connectivity index (χ2n) is 14.6. The lowest BCUT2D eigenvalue weighted by Gasteiger charge is -2.12. The first-order valence-electron chi connectivity index (χ1n) is 21.8. The lowest BCUT2D eigenvalue weighted by atomic mass is 9.94. The van der Waals surface area contributed by atoms with Crippen molar-refractivity contribution >= 4 is 23.9 Å². The minimum absolute atomic E-state index is 0.0914. The maximum atomic E-state index is 11.3. The molecule has 0 bridgehead atoms. The molecule has 5 N–H and O–H groups in total. The molecule has 0 saturated heterocycles. The van der Waals surface area contributed by atoms with Crippen molar-refractivity contribution in [3.63, 3.8) is 0 Å². The van der Waals surface area contributed by atoms with Crippen molar-refractivity contribution in [1.29, 1.82) is 0 Å². The Bertz CT molecular complexity index is 847. The maximum absolute atomic E-state index is 11.3. The van der Waals surface area contributed by atoms with Gasteiger partial charge in [0, 0.05) is 12.8 Å². The van der Waals surface area contributed by atoms with Gasteiger partial charge in [-0.3, -0.25) is 19.2 Å². The molecule has 9 nitrogen and oxygen atoms in total. The van der Waals surface area contributed by atoms with Gasteiger partial charge in [0.2, 0.25) is 0 Å². The number of carboxylic acid groups (broad SMARTS) is 4. The smallest absolute Gasteiger partial charge is 0.320 e. The number of hydrogen-bond acceptors (Lipinski definition) is 5. The van der Waals surface area contributed by atoms with Crippen LogP contribution in [-0.2, 0) is 19.2 Å². The van der Waals surface area contributed by atoms with E-state index >= 15 is 0 Å². The Hall–Kier alpha value is -2.42. The molecule has 0 aromatic carbocycles. The fourth-order valence-electron chi connectivity index (χ4n) is 6.08. The van der Waals surface area contributed by atoms with Gasteiger partial charge >= 0.3 is 23.9 Å². The molecule has 0 spiro atoms. The molecule has 0 aromatic heterocycles. The second kappa shape index (κ2) is 45.7. The van der Waals surface area contributed by atoms with E-state index in [1.165, 1.54) is 141 Å². The number of hydrogen-bond donors (Lipinski definition) is 5. The van der Waals surface area contributed by atoms with Gasteiger partial charge in [0.05, 0.1) is 5.92 Å². The minimum Gasteiger partial charge on any atom is -0.481 e. The van der Waals surface area contributed by atoms with E-state index in [1.807, 2.05) is 0 Å². The number of nitrogens with one attached hydrogen (secondary N) is 1. The van der Waals surface area contributed by atoms with Crippen LogP contribution in [0.15, 0.2) is 12.2 Å². The van der Waals surface area contributed by atoms with Crippen LogP contribution in [0.25, 0.3) is 0 Å². The van der Waals surface area contributed by atoms with Crippen molar-refractivity contribution in [2.45, 2.75) is 233 Å². The standard InChI is InChI=1S/C20H40O2.C17H32O2.C7H13NO4/c1-3-5-7-9-11-12-14-16-18-19(20(21)22)17-15-13-10-8-6-4-2;1-2-3-4-5-6-7-8-9-10-11-12-13-14-15-16-17(18)19;1-2-8-5(7(11)12)3-4-6(9)10/h19H,3-18H2,1-2H3,(H,21,22);7-8H,2-6,9-16H2,1H3,(H,18,19);5,8H,2-4H2,1H3,(H,9,10)(H,11,12)/b;8-7-;/t;;5-/m..0/s1. The highest BCUT2D eigenvalue weighted by molar-refractivity contribution is 5.75. The Morgan fingerprint density at radius 3 is 1.15 bits per heavy atom. The van der Waals surface area contributed by atoms with Gasteiger partial charge in [-0.25, -0.2) is 0 Å². The SMILES string of the molecule is CCCCCC/C=C\CCCCCCCCC(=O)O.CCCCCCCCCCC(CCCCCCCC)C(=O)O.CCN[C@@H](CCC(=O)O)C(=O)O. The zero-order chi connectivity index (χ0) is 40.2. The van der Waals surface area contributed by atoms with Gasteiger partial charge in [0.25, 0.3) is 0 Å². The predicted octanol–water partition coefficient (Wildman–Crippen LogP) is 12.6. The molecule has 1 unspecified atom stereocenters. The molecule has 0 aliphatic heterocycles. The van der Waals surface area contributed by atoms with E-state index < -0.39 is 29.9 Å². The van der Waals surface area contributed by atoms with Crippen molar-refractivity contribution < 1.29 is 39.6 Å². The molecule has 9 heteroatoms. The third kappa shape index (κ3) is 49.6. The summed E-state index contributed by atoms with van der Waals surface area (Å²) in [4.78, 5) is 42.2. The molecule has 53 heavy (non-hydrogen) atoms. The minimum atomic E-state index is -1.00. The largest absolute Gasteiger partial charge is 0.481 e. The maximum Gasteiger partial charge on any atom is 0.320 e. The van der Waals surface area contributed by atoms with E-state index in [2.05, 4.69) is 38.2 Å². The van der Waals surface area contributed by atoms with E-state index in [0.29, 0.717) is 13.0 Å². The fourth-order valence-corrected chi connectivity index (χ4v) is 6.08. The Labute approximate surface area is 325 Å². The van der Waals surface area contributed by atoms with Crippen LogP contribution in [0.4, 0.5) is 0 Å². The molecule has 0 fully saturated rings. The molecule has 2 atom stereocenters. The number of likely N-dealkylation sites (N-methyl/N-ethyl adjacent to an activating group) is 1. The number of allylic oxidation sites excluding steroid dienone is 2. The Kier molecular flexibility index (Phi) is 47.4.